The van der Waals surface area contributed by atoms with Gasteiger partial charge in [-0.2, -0.15) is 10.0 Å². The highest BCUT2D eigenvalue weighted by Crippen LogP contribution is 2.51. The summed E-state index contributed by atoms with van der Waals surface area (Å²) in [6, 6.07) is 0.621. The van der Waals surface area contributed by atoms with Crippen molar-refractivity contribution in [2.24, 2.45) is 11.8 Å². The maximum absolute atomic E-state index is 14.2. The molecule has 2 atom stereocenters. The summed E-state index contributed by atoms with van der Waals surface area (Å²) < 4.78 is 33.2. The van der Waals surface area contributed by atoms with Crippen molar-refractivity contribution < 1.29 is 42.8 Å². The highest BCUT2D eigenvalue weighted by Gasteiger charge is 2.60. The molecular weight excluding hydrogens is 472 g/mol. The SMILES string of the molecule is COc1cc2c(c(OC)c1OC)C(=O)[C@]1(OC)C=C[C@H]2N(C(=O)OCC(C)C)N1C(=O)OCC(C)C. The van der Waals surface area contributed by atoms with Gasteiger partial charge in [0.05, 0.1) is 40.1 Å². The topological polar surface area (TPSA) is 113 Å². The fourth-order valence-corrected chi connectivity index (χ4v) is 4.16. The Hall–Kier alpha value is -3.47. The molecular formula is C25H34N2O9. The fourth-order valence-electron chi connectivity index (χ4n) is 4.16. The predicted molar refractivity (Wildman–Crippen MR) is 128 cm³/mol. The van der Waals surface area contributed by atoms with Crippen molar-refractivity contribution in [1.29, 1.82) is 0 Å². The van der Waals surface area contributed by atoms with Gasteiger partial charge in [0.15, 0.2) is 11.5 Å². The van der Waals surface area contributed by atoms with E-state index in [-0.39, 0.29) is 47.9 Å². The third-order valence-corrected chi connectivity index (χ3v) is 5.78. The number of Topliss-reactive ketones (excluding diaryl/α,β-unsaturated/α-hetero) is 1. The normalized spacial score (nSPS) is 20.4. The summed E-state index contributed by atoms with van der Waals surface area (Å²) in [5.41, 5.74) is -1.64. The Kier molecular flexibility index (Phi) is 8.02. The number of benzene rings is 1. The zero-order valence-electron chi connectivity index (χ0n) is 21.9. The quantitative estimate of drug-likeness (QED) is 0.483. The van der Waals surface area contributed by atoms with Crippen LogP contribution in [0.1, 0.15) is 49.7 Å². The second kappa shape index (κ2) is 10.7. The van der Waals surface area contributed by atoms with Gasteiger partial charge in [-0.1, -0.05) is 33.8 Å². The molecule has 36 heavy (non-hydrogen) atoms. The van der Waals surface area contributed by atoms with Crippen LogP contribution in [-0.2, 0) is 14.2 Å². The summed E-state index contributed by atoms with van der Waals surface area (Å²) in [7, 11) is 5.50. The number of carbonyl (C=O) groups excluding carboxylic acids is 3. The average molecular weight is 507 g/mol. The van der Waals surface area contributed by atoms with Crippen LogP contribution in [0.4, 0.5) is 9.59 Å². The van der Waals surface area contributed by atoms with Gasteiger partial charge in [0.2, 0.25) is 17.3 Å². The van der Waals surface area contributed by atoms with E-state index in [1.807, 2.05) is 27.7 Å². The average Bonchev–Trinajstić information content (AvgIpc) is 3.03. The van der Waals surface area contributed by atoms with Gasteiger partial charge < -0.3 is 28.4 Å². The van der Waals surface area contributed by atoms with Crippen LogP contribution in [0, 0.1) is 11.8 Å². The molecule has 0 saturated carbocycles. The van der Waals surface area contributed by atoms with Gasteiger partial charge in [-0.15, -0.1) is 0 Å². The molecule has 11 heteroatoms. The van der Waals surface area contributed by atoms with E-state index in [0.29, 0.717) is 5.56 Å². The first-order valence-corrected chi connectivity index (χ1v) is 11.6. The molecule has 2 aliphatic heterocycles. The fraction of sp³-hybridized carbons (Fsp3) is 0.560. The van der Waals surface area contributed by atoms with Crippen LogP contribution in [0.5, 0.6) is 17.2 Å². The summed E-state index contributed by atoms with van der Waals surface area (Å²) in [4.78, 5) is 41.1. The molecule has 0 spiro atoms. The number of rotatable bonds is 8. The number of amides is 2. The zero-order valence-corrected chi connectivity index (χ0v) is 21.9. The molecule has 198 valence electrons. The Bertz CT molecular complexity index is 1050. The van der Waals surface area contributed by atoms with E-state index < -0.39 is 29.7 Å². The van der Waals surface area contributed by atoms with Gasteiger partial charge in [-0.05, 0) is 29.5 Å². The molecule has 0 unspecified atom stereocenters. The second-order valence-corrected chi connectivity index (χ2v) is 9.24. The van der Waals surface area contributed by atoms with Gasteiger partial charge in [0.25, 0.3) is 0 Å². The van der Waals surface area contributed by atoms with Crippen LogP contribution < -0.4 is 14.2 Å². The lowest BCUT2D eigenvalue weighted by Gasteiger charge is -2.46. The molecule has 4 rings (SSSR count). The first-order valence-electron chi connectivity index (χ1n) is 11.6. The summed E-state index contributed by atoms with van der Waals surface area (Å²) in [6.07, 6.45) is 1.23. The standard InChI is InChI=1S/C25H34N2O9/c1-14(2)12-35-23(29)26-17-9-10-25(34-8,27(26)24(30)36-13-15(3)4)22(28)19-16(17)11-18(31-5)20(32-6)21(19)33-7/h9-11,14-15,17H,12-13H2,1-8H3/t17-,25-/m1/s1. The molecule has 11 nitrogen and oxygen atoms in total. The molecule has 1 aliphatic carbocycles. The Balaban J connectivity index is 2.31. The molecule has 0 radical (unpaired) electrons. The van der Waals surface area contributed by atoms with Gasteiger partial charge in [0.1, 0.15) is 6.04 Å². The summed E-state index contributed by atoms with van der Waals surface area (Å²) >= 11 is 0. The smallest absolute Gasteiger partial charge is 0.432 e. The lowest BCUT2D eigenvalue weighted by Crippen LogP contribution is -2.66. The Morgan fingerprint density at radius 2 is 1.50 bits per heavy atom. The van der Waals surface area contributed by atoms with Crippen molar-refractivity contribution in [2.45, 2.75) is 39.5 Å². The first kappa shape index (κ1) is 27.1. The van der Waals surface area contributed by atoms with E-state index >= 15 is 0 Å². The minimum Gasteiger partial charge on any atom is -0.493 e. The predicted octanol–water partition coefficient (Wildman–Crippen LogP) is 3.97. The second-order valence-electron chi connectivity index (χ2n) is 9.24. The van der Waals surface area contributed by atoms with E-state index in [1.54, 1.807) is 12.1 Å². The zero-order chi connectivity index (χ0) is 26.8. The monoisotopic (exact) mass is 506 g/mol. The molecule has 0 aromatic heterocycles. The van der Waals surface area contributed by atoms with Crippen LogP contribution in [0.25, 0.3) is 0 Å². The van der Waals surface area contributed by atoms with Gasteiger partial charge in [-0.3, -0.25) is 4.79 Å². The molecule has 0 N–H and O–H groups in total. The first-order chi connectivity index (χ1) is 17.1. The maximum Gasteiger partial charge on any atom is 0.432 e. The molecule has 3 aliphatic rings. The van der Waals surface area contributed by atoms with E-state index in [2.05, 4.69) is 0 Å². The lowest BCUT2D eigenvalue weighted by molar-refractivity contribution is -0.160. The highest BCUT2D eigenvalue weighted by atomic mass is 16.6. The maximum atomic E-state index is 14.2. The molecule has 2 bridgehead atoms. The molecule has 2 heterocycles. The van der Waals surface area contributed by atoms with Crippen LogP contribution >= 0.6 is 0 Å². The van der Waals surface area contributed by atoms with Crippen molar-refractivity contribution in [2.75, 3.05) is 41.7 Å². The van der Waals surface area contributed by atoms with Gasteiger partial charge >= 0.3 is 12.2 Å². The summed E-state index contributed by atoms with van der Waals surface area (Å²) in [5, 5.41) is 1.92. The number of hydrazine groups is 1. The minimum atomic E-state index is -2.06. The van der Waals surface area contributed by atoms with E-state index in [0.717, 1.165) is 10.0 Å². The van der Waals surface area contributed by atoms with Crippen molar-refractivity contribution >= 4 is 18.0 Å². The van der Waals surface area contributed by atoms with E-state index in [1.165, 1.54) is 34.5 Å². The van der Waals surface area contributed by atoms with E-state index in [4.69, 9.17) is 28.4 Å². The third-order valence-electron chi connectivity index (χ3n) is 5.78. The number of carbonyl (C=O) groups is 3. The van der Waals surface area contributed by atoms with Crippen molar-refractivity contribution in [3.63, 3.8) is 0 Å². The van der Waals surface area contributed by atoms with Crippen molar-refractivity contribution in [3.8, 4) is 17.2 Å². The molecule has 0 fully saturated rings. The summed E-state index contributed by atoms with van der Waals surface area (Å²) in [6.45, 7) is 7.66. The summed E-state index contributed by atoms with van der Waals surface area (Å²) in [5.74, 6) is -0.0742. The molecule has 1 aromatic rings. The third kappa shape index (κ3) is 4.43. The Morgan fingerprint density at radius 1 is 0.917 bits per heavy atom. The number of methoxy groups -OCH3 is 4. The van der Waals surface area contributed by atoms with Gasteiger partial charge in [-0.25, -0.2) is 9.59 Å². The number of ketones is 1. The van der Waals surface area contributed by atoms with Crippen LogP contribution in [-0.4, -0.2) is 75.4 Å². The van der Waals surface area contributed by atoms with Crippen molar-refractivity contribution in [1.82, 2.24) is 10.0 Å². The molecule has 0 saturated heterocycles. The number of hydrogen-bond donors (Lipinski definition) is 0. The Labute approximate surface area is 210 Å². The van der Waals surface area contributed by atoms with E-state index in [9.17, 15) is 14.4 Å². The lowest BCUT2D eigenvalue weighted by atomic mass is 9.95. The number of nitrogens with zero attached hydrogens (tertiary/aromatic N) is 2. The molecule has 1 aromatic carbocycles. The number of hydrogen-bond acceptors (Lipinski definition) is 9. The van der Waals surface area contributed by atoms with Gasteiger partial charge in [0, 0.05) is 7.11 Å². The largest absolute Gasteiger partial charge is 0.493 e. The minimum absolute atomic E-state index is 0.00927. The van der Waals surface area contributed by atoms with Crippen LogP contribution in [0.15, 0.2) is 18.2 Å². The van der Waals surface area contributed by atoms with Crippen LogP contribution in [0.2, 0.25) is 0 Å². The van der Waals surface area contributed by atoms with Crippen molar-refractivity contribution in [3.05, 3.63) is 29.3 Å². The number of fused-ring (bicyclic) bond motifs is 1. The highest BCUT2D eigenvalue weighted by molar-refractivity contribution is 6.10. The van der Waals surface area contributed by atoms with Crippen LogP contribution in [0.3, 0.4) is 0 Å². The Morgan fingerprint density at radius 3 is 2.00 bits per heavy atom. The number of ether oxygens (including phenoxy) is 6. The molecule has 2 amide bonds.